The fourth-order valence-corrected chi connectivity index (χ4v) is 3.76. The highest BCUT2D eigenvalue weighted by molar-refractivity contribution is 6.42. The molecule has 0 bridgehead atoms. The lowest BCUT2D eigenvalue weighted by molar-refractivity contribution is -0.140. The van der Waals surface area contributed by atoms with Crippen molar-refractivity contribution in [2.75, 3.05) is 25.2 Å². The molecule has 0 fully saturated rings. The molecule has 1 heterocycles. The van der Waals surface area contributed by atoms with Gasteiger partial charge in [0.15, 0.2) is 0 Å². The molecule has 0 aliphatic carbocycles. The lowest BCUT2D eigenvalue weighted by Crippen LogP contribution is -2.48. The molecule has 0 saturated heterocycles. The minimum Gasteiger partial charge on any atom is -0.478 e. The van der Waals surface area contributed by atoms with Crippen molar-refractivity contribution in [3.05, 3.63) is 74.9 Å². The van der Waals surface area contributed by atoms with Gasteiger partial charge in [-0.3, -0.25) is 4.90 Å². The van der Waals surface area contributed by atoms with Crippen molar-refractivity contribution in [3.8, 4) is 0 Å². The molecule has 1 aliphatic heterocycles. The summed E-state index contributed by atoms with van der Waals surface area (Å²) >= 11 is 12.5. The third-order valence-electron chi connectivity index (χ3n) is 4.89. The van der Waals surface area contributed by atoms with E-state index in [1.807, 2.05) is 0 Å². The van der Waals surface area contributed by atoms with Gasteiger partial charge in [-0.25, -0.2) is 14.4 Å². The van der Waals surface area contributed by atoms with E-state index in [9.17, 15) is 14.4 Å². The summed E-state index contributed by atoms with van der Waals surface area (Å²) in [5.41, 5.74) is 1.34. The van der Waals surface area contributed by atoms with Crippen LogP contribution in [0.25, 0.3) is 0 Å². The number of urea groups is 1. The summed E-state index contributed by atoms with van der Waals surface area (Å²) in [5.74, 6) is -1.75. The van der Waals surface area contributed by atoms with E-state index < -0.39 is 24.0 Å². The Kier molecular flexibility index (Phi) is 7.40. The van der Waals surface area contributed by atoms with Crippen LogP contribution in [0.2, 0.25) is 10.0 Å². The molecular formula is C22H20Cl2N2O6. The fraction of sp³-hybridized carbons (Fsp3) is 0.227. The van der Waals surface area contributed by atoms with Crippen LogP contribution in [-0.4, -0.2) is 43.4 Å². The van der Waals surface area contributed by atoms with Gasteiger partial charge in [-0.2, -0.15) is 0 Å². The van der Waals surface area contributed by atoms with Gasteiger partial charge in [-0.15, -0.1) is 0 Å². The Labute approximate surface area is 194 Å². The predicted molar refractivity (Wildman–Crippen MR) is 119 cm³/mol. The minimum atomic E-state index is -1.09. The quantitative estimate of drug-likeness (QED) is 0.450. The standard InChI is InChI=1S/C22H20Cl2N2O6/c1-12-17(21(29)32-11-10-31-2)19(15-4-3-5-16(23)18(15)24)25-22(30)26(12)14-8-6-13(7-9-14)20(27)28/h3-9,19H,10-11H2,1-2H3,(H,25,30)(H,27,28). The third-order valence-corrected chi connectivity index (χ3v) is 5.72. The number of nitrogens with zero attached hydrogens (tertiary/aromatic N) is 1. The number of carboxylic acids is 1. The maximum absolute atomic E-state index is 13.0. The molecule has 0 aromatic heterocycles. The minimum absolute atomic E-state index is 0.0172. The zero-order valence-corrected chi connectivity index (χ0v) is 18.7. The summed E-state index contributed by atoms with van der Waals surface area (Å²) in [4.78, 5) is 38.5. The van der Waals surface area contributed by atoms with Crippen LogP contribution in [-0.2, 0) is 14.3 Å². The van der Waals surface area contributed by atoms with Crippen LogP contribution in [0.5, 0.6) is 0 Å². The Morgan fingerprint density at radius 1 is 1.12 bits per heavy atom. The Morgan fingerprint density at radius 3 is 2.44 bits per heavy atom. The van der Waals surface area contributed by atoms with Gasteiger partial charge in [0.05, 0.1) is 39.5 Å². The van der Waals surface area contributed by atoms with Crippen LogP contribution in [0.3, 0.4) is 0 Å². The van der Waals surface area contributed by atoms with Crippen LogP contribution >= 0.6 is 23.2 Å². The van der Waals surface area contributed by atoms with Crippen LogP contribution in [0.4, 0.5) is 10.5 Å². The molecule has 2 N–H and O–H groups in total. The smallest absolute Gasteiger partial charge is 0.338 e. The number of carboxylic acid groups (broad SMARTS) is 1. The van der Waals surface area contributed by atoms with E-state index >= 15 is 0 Å². The van der Waals surface area contributed by atoms with Crippen molar-refractivity contribution >= 4 is 46.9 Å². The van der Waals surface area contributed by atoms with Gasteiger partial charge in [-0.05, 0) is 42.8 Å². The van der Waals surface area contributed by atoms with E-state index in [0.29, 0.717) is 16.9 Å². The van der Waals surface area contributed by atoms with Crippen LogP contribution in [0.1, 0.15) is 28.9 Å². The Hall–Kier alpha value is -3.07. The highest BCUT2D eigenvalue weighted by Crippen LogP contribution is 2.38. The highest BCUT2D eigenvalue weighted by Gasteiger charge is 2.38. The maximum Gasteiger partial charge on any atom is 0.338 e. The normalized spacial score (nSPS) is 16.1. The van der Waals surface area contributed by atoms with Crippen molar-refractivity contribution in [1.29, 1.82) is 0 Å². The van der Waals surface area contributed by atoms with Crippen molar-refractivity contribution in [1.82, 2.24) is 5.32 Å². The monoisotopic (exact) mass is 478 g/mol. The number of esters is 1. The second kappa shape index (κ2) is 10.0. The Bertz CT molecular complexity index is 1080. The second-order valence-corrected chi connectivity index (χ2v) is 7.63. The number of aromatic carboxylic acids is 1. The number of methoxy groups -OCH3 is 1. The molecule has 3 rings (SSSR count). The van der Waals surface area contributed by atoms with E-state index in [-0.39, 0.29) is 34.4 Å². The summed E-state index contributed by atoms with van der Waals surface area (Å²) in [6.45, 7) is 1.82. The van der Waals surface area contributed by atoms with Crippen LogP contribution in [0, 0.1) is 0 Å². The number of amides is 2. The summed E-state index contributed by atoms with van der Waals surface area (Å²) in [5, 5.41) is 12.4. The summed E-state index contributed by atoms with van der Waals surface area (Å²) in [6, 6.07) is 9.19. The highest BCUT2D eigenvalue weighted by atomic mass is 35.5. The number of anilines is 1. The zero-order chi connectivity index (χ0) is 23.4. The van der Waals surface area contributed by atoms with Gasteiger partial charge in [-0.1, -0.05) is 35.3 Å². The number of carbonyl (C=O) groups is 3. The number of halogens is 2. The molecule has 2 amide bonds. The SMILES string of the molecule is COCCOC(=O)C1=C(C)N(c2ccc(C(=O)O)cc2)C(=O)NC1c1cccc(Cl)c1Cl. The van der Waals surface area contributed by atoms with Gasteiger partial charge in [0.1, 0.15) is 6.61 Å². The number of rotatable bonds is 7. The summed E-state index contributed by atoms with van der Waals surface area (Å²) in [7, 11) is 1.48. The first-order chi connectivity index (χ1) is 15.3. The van der Waals surface area contributed by atoms with Crippen LogP contribution in [0.15, 0.2) is 53.7 Å². The molecule has 8 nitrogen and oxygen atoms in total. The molecule has 2 aromatic carbocycles. The molecule has 168 valence electrons. The lowest BCUT2D eigenvalue weighted by atomic mass is 9.94. The van der Waals surface area contributed by atoms with E-state index in [4.69, 9.17) is 37.8 Å². The molecule has 32 heavy (non-hydrogen) atoms. The van der Waals surface area contributed by atoms with Gasteiger partial charge >= 0.3 is 18.0 Å². The van der Waals surface area contributed by atoms with Gasteiger partial charge in [0, 0.05) is 12.8 Å². The fourth-order valence-electron chi connectivity index (χ4n) is 3.34. The molecule has 0 spiro atoms. The number of allylic oxidation sites excluding steroid dienone is 1. The Balaban J connectivity index is 2.10. The number of nitrogens with one attached hydrogen (secondary N) is 1. The number of benzene rings is 2. The first kappa shape index (κ1) is 23.6. The van der Waals surface area contributed by atoms with Crippen LogP contribution < -0.4 is 10.2 Å². The van der Waals surface area contributed by atoms with E-state index in [1.54, 1.807) is 25.1 Å². The molecule has 1 atom stereocenters. The lowest BCUT2D eigenvalue weighted by Gasteiger charge is -2.35. The molecule has 10 heteroatoms. The van der Waals surface area contributed by atoms with Crippen molar-refractivity contribution < 1.29 is 29.0 Å². The number of carbonyl (C=O) groups excluding carboxylic acids is 2. The second-order valence-electron chi connectivity index (χ2n) is 6.84. The molecular weight excluding hydrogens is 459 g/mol. The molecule has 1 aliphatic rings. The Morgan fingerprint density at radius 2 is 1.81 bits per heavy atom. The van der Waals surface area contributed by atoms with Crippen molar-refractivity contribution in [2.45, 2.75) is 13.0 Å². The largest absolute Gasteiger partial charge is 0.478 e. The first-order valence-corrected chi connectivity index (χ1v) is 10.3. The number of hydrogen-bond acceptors (Lipinski definition) is 5. The van der Waals surface area contributed by atoms with E-state index in [1.165, 1.54) is 36.3 Å². The van der Waals surface area contributed by atoms with Crippen molar-refractivity contribution in [3.63, 3.8) is 0 Å². The first-order valence-electron chi connectivity index (χ1n) is 9.51. The maximum atomic E-state index is 13.0. The summed E-state index contributed by atoms with van der Waals surface area (Å²) in [6.07, 6.45) is 0. The summed E-state index contributed by atoms with van der Waals surface area (Å²) < 4.78 is 10.3. The van der Waals surface area contributed by atoms with Gasteiger partial charge in [0.25, 0.3) is 0 Å². The topological polar surface area (TPSA) is 105 Å². The molecule has 2 aromatic rings. The third kappa shape index (κ3) is 4.72. The molecule has 0 radical (unpaired) electrons. The van der Waals surface area contributed by atoms with Crippen molar-refractivity contribution in [2.24, 2.45) is 0 Å². The van der Waals surface area contributed by atoms with Gasteiger partial charge < -0.3 is 19.9 Å². The number of ether oxygens (including phenoxy) is 2. The zero-order valence-electron chi connectivity index (χ0n) is 17.2. The van der Waals surface area contributed by atoms with E-state index in [0.717, 1.165) is 0 Å². The van der Waals surface area contributed by atoms with E-state index in [2.05, 4.69) is 5.32 Å². The predicted octanol–water partition coefficient (Wildman–Crippen LogP) is 4.43. The average molecular weight is 479 g/mol. The average Bonchev–Trinajstić information content (AvgIpc) is 2.75. The molecule has 0 saturated carbocycles. The van der Waals surface area contributed by atoms with Gasteiger partial charge in [0.2, 0.25) is 0 Å². The number of hydrogen-bond donors (Lipinski definition) is 2. The molecule has 1 unspecified atom stereocenters.